The zero-order chi connectivity index (χ0) is 17.1. The van der Waals surface area contributed by atoms with E-state index in [1.807, 2.05) is 0 Å². The molecule has 4 rings (SSSR count). The van der Waals surface area contributed by atoms with Crippen LogP contribution in [0.3, 0.4) is 0 Å². The second kappa shape index (κ2) is 6.64. The van der Waals surface area contributed by atoms with Crippen molar-refractivity contribution < 1.29 is 18.7 Å². The number of nitrogens with zero attached hydrogens (tertiary/aromatic N) is 2. The highest BCUT2D eigenvalue weighted by molar-refractivity contribution is 5.97. The highest BCUT2D eigenvalue weighted by Crippen LogP contribution is 2.33. The van der Waals surface area contributed by atoms with Crippen LogP contribution in [0.1, 0.15) is 16.1 Å². The Labute approximate surface area is 143 Å². The maximum atomic E-state index is 12.6. The number of benzene rings is 1. The molecule has 0 bridgehead atoms. The molecular weight excluding hydrogens is 322 g/mol. The first-order chi connectivity index (χ1) is 12.3. The first-order valence-corrected chi connectivity index (χ1v) is 7.82. The van der Waals surface area contributed by atoms with Gasteiger partial charge in [-0.05, 0) is 18.2 Å². The van der Waals surface area contributed by atoms with Gasteiger partial charge in [-0.3, -0.25) is 14.8 Å². The number of aromatic nitrogens is 2. The minimum Gasteiger partial charge on any atom is -0.486 e. The lowest BCUT2D eigenvalue weighted by atomic mass is 10.1. The summed E-state index contributed by atoms with van der Waals surface area (Å²) in [7, 11) is 0. The molecule has 0 radical (unpaired) electrons. The second-order valence-corrected chi connectivity index (χ2v) is 5.38. The van der Waals surface area contributed by atoms with Gasteiger partial charge in [0, 0.05) is 18.0 Å². The van der Waals surface area contributed by atoms with Crippen LogP contribution < -0.4 is 14.8 Å². The standard InChI is InChI=1S/C18H15N3O4/c22-18(13-2-1-3-15-17(13)25-9-8-24-15)21-10-14-16(20-6-5-19-14)12-4-7-23-11-12/h1-7,11H,8-10H2,(H,21,22). The molecule has 0 spiro atoms. The lowest BCUT2D eigenvalue weighted by molar-refractivity contribution is 0.0939. The summed E-state index contributed by atoms with van der Waals surface area (Å²) in [5.41, 5.74) is 2.57. The van der Waals surface area contributed by atoms with Gasteiger partial charge in [-0.1, -0.05) is 6.07 Å². The molecule has 3 aromatic rings. The average molecular weight is 337 g/mol. The van der Waals surface area contributed by atoms with Gasteiger partial charge < -0.3 is 19.2 Å². The van der Waals surface area contributed by atoms with E-state index in [9.17, 15) is 4.79 Å². The molecule has 3 heterocycles. The van der Waals surface area contributed by atoms with Gasteiger partial charge >= 0.3 is 0 Å². The van der Waals surface area contributed by atoms with Gasteiger partial charge in [-0.15, -0.1) is 0 Å². The molecule has 0 saturated carbocycles. The molecule has 25 heavy (non-hydrogen) atoms. The van der Waals surface area contributed by atoms with E-state index in [0.29, 0.717) is 41.7 Å². The Morgan fingerprint density at radius 2 is 2.00 bits per heavy atom. The lowest BCUT2D eigenvalue weighted by Gasteiger charge is -2.20. The topological polar surface area (TPSA) is 86.5 Å². The molecule has 1 N–H and O–H groups in total. The third-order valence-electron chi connectivity index (χ3n) is 3.80. The molecule has 0 aliphatic carbocycles. The van der Waals surface area contributed by atoms with Gasteiger partial charge in [-0.25, -0.2) is 0 Å². The maximum absolute atomic E-state index is 12.6. The number of fused-ring (bicyclic) bond motifs is 1. The molecule has 126 valence electrons. The molecule has 0 fully saturated rings. The van der Waals surface area contributed by atoms with Crippen LogP contribution in [0.25, 0.3) is 11.3 Å². The summed E-state index contributed by atoms with van der Waals surface area (Å²) < 4.78 is 16.2. The number of carbonyl (C=O) groups excluding carboxylic acids is 1. The van der Waals surface area contributed by atoms with Crippen LogP contribution in [0.15, 0.2) is 53.6 Å². The fourth-order valence-electron chi connectivity index (χ4n) is 2.65. The van der Waals surface area contributed by atoms with Crippen molar-refractivity contribution in [2.75, 3.05) is 13.2 Å². The summed E-state index contributed by atoms with van der Waals surface area (Å²) in [4.78, 5) is 21.2. The van der Waals surface area contributed by atoms with Crippen LogP contribution in [0.4, 0.5) is 0 Å². The Morgan fingerprint density at radius 1 is 1.12 bits per heavy atom. The van der Waals surface area contributed by atoms with E-state index >= 15 is 0 Å². The molecular formula is C18H15N3O4. The van der Waals surface area contributed by atoms with E-state index in [4.69, 9.17) is 13.9 Å². The van der Waals surface area contributed by atoms with Crippen LogP contribution >= 0.6 is 0 Å². The van der Waals surface area contributed by atoms with Gasteiger partial charge in [0.05, 0.1) is 36.0 Å². The predicted molar refractivity (Wildman–Crippen MR) is 88.3 cm³/mol. The molecule has 1 amide bonds. The minimum atomic E-state index is -0.258. The van der Waals surface area contributed by atoms with Crippen molar-refractivity contribution in [1.29, 1.82) is 0 Å². The van der Waals surface area contributed by atoms with E-state index < -0.39 is 0 Å². The summed E-state index contributed by atoms with van der Waals surface area (Å²) >= 11 is 0. The number of para-hydroxylation sites is 1. The molecule has 0 saturated heterocycles. The van der Waals surface area contributed by atoms with Crippen molar-refractivity contribution in [3.05, 3.63) is 60.4 Å². The molecule has 2 aromatic heterocycles. The Kier molecular flexibility index (Phi) is 4.04. The number of amides is 1. The number of ether oxygens (including phenoxy) is 2. The molecule has 7 nitrogen and oxygen atoms in total. The van der Waals surface area contributed by atoms with Gasteiger partial charge in [0.25, 0.3) is 5.91 Å². The van der Waals surface area contributed by atoms with E-state index in [2.05, 4.69) is 15.3 Å². The fraction of sp³-hybridized carbons (Fsp3) is 0.167. The Bertz CT molecular complexity index is 893. The maximum Gasteiger partial charge on any atom is 0.255 e. The van der Waals surface area contributed by atoms with E-state index in [1.165, 1.54) is 0 Å². The summed E-state index contributed by atoms with van der Waals surface area (Å²) in [6.45, 7) is 1.13. The smallest absolute Gasteiger partial charge is 0.255 e. The van der Waals surface area contributed by atoms with E-state index in [0.717, 1.165) is 5.56 Å². The van der Waals surface area contributed by atoms with E-state index in [-0.39, 0.29) is 12.5 Å². The number of hydrogen-bond acceptors (Lipinski definition) is 6. The van der Waals surface area contributed by atoms with Crippen LogP contribution in [-0.4, -0.2) is 29.1 Å². The minimum absolute atomic E-state index is 0.234. The highest BCUT2D eigenvalue weighted by atomic mass is 16.6. The normalized spacial score (nSPS) is 12.6. The number of furan rings is 1. The van der Waals surface area contributed by atoms with Crippen LogP contribution in [0, 0.1) is 0 Å². The Balaban J connectivity index is 1.54. The Hall–Kier alpha value is -3.35. The quantitative estimate of drug-likeness (QED) is 0.787. The first kappa shape index (κ1) is 15.2. The van der Waals surface area contributed by atoms with Gasteiger partial charge in [-0.2, -0.15) is 0 Å². The van der Waals surface area contributed by atoms with Gasteiger partial charge in [0.1, 0.15) is 13.2 Å². The fourth-order valence-corrected chi connectivity index (χ4v) is 2.65. The van der Waals surface area contributed by atoms with Gasteiger partial charge in [0.15, 0.2) is 11.5 Å². The molecule has 1 aromatic carbocycles. The van der Waals surface area contributed by atoms with Crippen molar-refractivity contribution in [3.63, 3.8) is 0 Å². The molecule has 0 unspecified atom stereocenters. The highest BCUT2D eigenvalue weighted by Gasteiger charge is 2.20. The summed E-state index contributed by atoms with van der Waals surface area (Å²) in [5.74, 6) is 0.795. The predicted octanol–water partition coefficient (Wildman–Crippen LogP) is 2.44. The van der Waals surface area contributed by atoms with Crippen LogP contribution in [-0.2, 0) is 6.54 Å². The largest absolute Gasteiger partial charge is 0.486 e. The number of nitrogens with one attached hydrogen (secondary N) is 1. The van der Waals surface area contributed by atoms with Crippen LogP contribution in [0.5, 0.6) is 11.5 Å². The Morgan fingerprint density at radius 3 is 2.88 bits per heavy atom. The second-order valence-electron chi connectivity index (χ2n) is 5.38. The van der Waals surface area contributed by atoms with Crippen LogP contribution in [0.2, 0.25) is 0 Å². The van der Waals surface area contributed by atoms with Crippen molar-refractivity contribution >= 4 is 5.91 Å². The summed E-state index contributed by atoms with van der Waals surface area (Å²) in [6.07, 6.45) is 6.35. The molecule has 7 heteroatoms. The average Bonchev–Trinajstić information content (AvgIpc) is 3.20. The van der Waals surface area contributed by atoms with E-state index in [1.54, 1.807) is 49.2 Å². The monoisotopic (exact) mass is 337 g/mol. The van der Waals surface area contributed by atoms with Gasteiger partial charge in [0.2, 0.25) is 0 Å². The first-order valence-electron chi connectivity index (χ1n) is 7.82. The van der Waals surface area contributed by atoms with Crippen molar-refractivity contribution in [2.24, 2.45) is 0 Å². The third kappa shape index (κ3) is 3.03. The van der Waals surface area contributed by atoms with Crippen molar-refractivity contribution in [2.45, 2.75) is 6.54 Å². The number of rotatable bonds is 4. The SMILES string of the molecule is O=C(NCc1nccnc1-c1ccoc1)c1cccc2c1OCCO2. The molecule has 1 aliphatic rings. The summed E-state index contributed by atoms with van der Waals surface area (Å²) in [6, 6.07) is 7.05. The zero-order valence-corrected chi connectivity index (χ0v) is 13.3. The zero-order valence-electron chi connectivity index (χ0n) is 13.3. The third-order valence-corrected chi connectivity index (χ3v) is 3.80. The number of carbonyl (C=O) groups is 1. The number of hydrogen-bond donors (Lipinski definition) is 1. The molecule has 0 atom stereocenters. The molecule has 1 aliphatic heterocycles. The van der Waals surface area contributed by atoms with Crippen molar-refractivity contribution in [3.8, 4) is 22.8 Å². The summed E-state index contributed by atoms with van der Waals surface area (Å²) in [5, 5.41) is 2.86. The van der Waals surface area contributed by atoms with Crippen molar-refractivity contribution in [1.82, 2.24) is 15.3 Å². The lowest BCUT2D eigenvalue weighted by Crippen LogP contribution is -2.26.